The molecule has 0 saturated heterocycles. The monoisotopic (exact) mass is 319 g/mol. The highest BCUT2D eigenvalue weighted by Crippen LogP contribution is 2.29. The van der Waals surface area contributed by atoms with Crippen molar-refractivity contribution in [3.8, 4) is 0 Å². The normalized spacial score (nSPS) is 21.4. The number of hydrogen-bond donors (Lipinski definition) is 2. The molecule has 112 valence electrons. The predicted octanol–water partition coefficient (Wildman–Crippen LogP) is 2.79. The van der Waals surface area contributed by atoms with Gasteiger partial charge in [0.2, 0.25) is 0 Å². The molecule has 5 nitrogen and oxygen atoms in total. The van der Waals surface area contributed by atoms with Gasteiger partial charge in [-0.2, -0.15) is 8.42 Å². The number of fused-ring (bicyclic) bond motifs is 1. The summed E-state index contributed by atoms with van der Waals surface area (Å²) in [6.07, 6.45) is 2.09. The molecule has 0 aromatic heterocycles. The molecule has 1 aromatic carbocycles. The van der Waals surface area contributed by atoms with E-state index in [1.807, 2.05) is 0 Å². The molecule has 0 spiro atoms. The lowest BCUT2D eigenvalue weighted by molar-refractivity contribution is 0.381. The standard InChI is InChI=1S/C13H16ClN.H2O4S/c1-3-13(2)8-10-6-4-5-7-11(10)12(9-14)15-13;1-5(2,3)4/h4-7H,3,8-9H2,1-2H3;(H2,1,2,3,4). The number of hydrogen-bond acceptors (Lipinski definition) is 3. The van der Waals surface area contributed by atoms with Crippen LogP contribution in [0.15, 0.2) is 29.3 Å². The zero-order valence-corrected chi connectivity index (χ0v) is 12.9. The van der Waals surface area contributed by atoms with Crippen LogP contribution in [0, 0.1) is 0 Å². The van der Waals surface area contributed by atoms with Crippen molar-refractivity contribution in [2.45, 2.75) is 32.2 Å². The minimum atomic E-state index is -4.67. The number of rotatable bonds is 2. The van der Waals surface area contributed by atoms with Crippen molar-refractivity contribution in [2.24, 2.45) is 4.99 Å². The summed E-state index contributed by atoms with van der Waals surface area (Å²) < 4.78 is 31.6. The van der Waals surface area contributed by atoms with E-state index in [2.05, 4.69) is 38.1 Å². The first-order chi connectivity index (χ1) is 9.18. The van der Waals surface area contributed by atoms with Gasteiger partial charge in [0.25, 0.3) is 0 Å². The summed E-state index contributed by atoms with van der Waals surface area (Å²) in [6.45, 7) is 4.39. The van der Waals surface area contributed by atoms with Crippen molar-refractivity contribution >= 4 is 27.7 Å². The molecular weight excluding hydrogens is 302 g/mol. The molecule has 20 heavy (non-hydrogen) atoms. The smallest absolute Gasteiger partial charge is 0.281 e. The van der Waals surface area contributed by atoms with Crippen molar-refractivity contribution < 1.29 is 17.5 Å². The summed E-state index contributed by atoms with van der Waals surface area (Å²) in [5, 5.41) is 0. The van der Waals surface area contributed by atoms with Gasteiger partial charge in [0.15, 0.2) is 0 Å². The fourth-order valence-corrected chi connectivity index (χ4v) is 2.30. The highest BCUT2D eigenvalue weighted by atomic mass is 35.5. The molecule has 1 aliphatic rings. The molecule has 1 aromatic rings. The maximum absolute atomic E-state index is 8.74. The van der Waals surface area contributed by atoms with E-state index >= 15 is 0 Å². The molecule has 0 bridgehead atoms. The number of alkyl halides is 1. The molecule has 0 amide bonds. The van der Waals surface area contributed by atoms with E-state index in [1.54, 1.807) is 0 Å². The topological polar surface area (TPSA) is 87.0 Å². The highest BCUT2D eigenvalue weighted by molar-refractivity contribution is 7.79. The van der Waals surface area contributed by atoms with Crippen LogP contribution >= 0.6 is 11.6 Å². The maximum Gasteiger partial charge on any atom is 0.394 e. The SMILES string of the molecule is CCC1(C)Cc2ccccc2C(CCl)=N1.O=S(=O)(O)O. The molecule has 0 radical (unpaired) electrons. The number of halogens is 1. The van der Waals surface area contributed by atoms with Crippen molar-refractivity contribution in [1.29, 1.82) is 0 Å². The third-order valence-electron chi connectivity index (χ3n) is 3.19. The molecule has 7 heteroatoms. The Hall–Kier alpha value is -0.950. The number of aliphatic imine (C=N–C) groups is 1. The number of nitrogens with zero attached hydrogens (tertiary/aromatic N) is 1. The van der Waals surface area contributed by atoms with Gasteiger partial charge in [0.1, 0.15) is 0 Å². The van der Waals surface area contributed by atoms with Gasteiger partial charge in [-0.15, -0.1) is 11.6 Å². The Morgan fingerprint density at radius 3 is 2.40 bits per heavy atom. The third kappa shape index (κ3) is 5.20. The highest BCUT2D eigenvalue weighted by Gasteiger charge is 2.28. The first-order valence-electron chi connectivity index (χ1n) is 6.11. The summed E-state index contributed by atoms with van der Waals surface area (Å²) in [7, 11) is -4.67. The molecule has 2 N–H and O–H groups in total. The second-order valence-corrected chi connectivity index (χ2v) is 5.99. The van der Waals surface area contributed by atoms with Gasteiger partial charge >= 0.3 is 10.4 Å². The molecule has 0 fully saturated rings. The molecular formula is C13H18ClNO4S. The van der Waals surface area contributed by atoms with E-state index in [9.17, 15) is 0 Å². The zero-order chi connectivity index (χ0) is 15.4. The Kier molecular flexibility index (Phi) is 5.70. The minimum absolute atomic E-state index is 0.0403. The van der Waals surface area contributed by atoms with Gasteiger partial charge < -0.3 is 0 Å². The van der Waals surface area contributed by atoms with Crippen LogP contribution in [0.1, 0.15) is 31.4 Å². The van der Waals surface area contributed by atoms with E-state index in [-0.39, 0.29) is 5.54 Å². The average molecular weight is 320 g/mol. The van der Waals surface area contributed by atoms with E-state index in [0.717, 1.165) is 18.6 Å². The van der Waals surface area contributed by atoms with Gasteiger partial charge in [-0.05, 0) is 25.3 Å². The Labute approximate surface area is 124 Å². The Morgan fingerprint density at radius 2 is 1.90 bits per heavy atom. The Balaban J connectivity index is 0.000000347. The van der Waals surface area contributed by atoms with Crippen molar-refractivity contribution in [2.75, 3.05) is 5.88 Å². The van der Waals surface area contributed by atoms with Crippen LogP contribution in [0.25, 0.3) is 0 Å². The average Bonchev–Trinajstić information content (AvgIpc) is 2.36. The Morgan fingerprint density at radius 1 is 1.35 bits per heavy atom. The van der Waals surface area contributed by atoms with Crippen LogP contribution in [-0.2, 0) is 16.8 Å². The fourth-order valence-electron chi connectivity index (χ4n) is 2.10. The molecule has 1 atom stereocenters. The fraction of sp³-hybridized carbons (Fsp3) is 0.462. The zero-order valence-electron chi connectivity index (χ0n) is 11.4. The molecule has 1 heterocycles. The van der Waals surface area contributed by atoms with Crippen LogP contribution in [0.3, 0.4) is 0 Å². The summed E-state index contributed by atoms with van der Waals surface area (Å²) >= 11 is 5.96. The molecule has 2 rings (SSSR count). The van der Waals surface area contributed by atoms with Crippen molar-refractivity contribution in [3.05, 3.63) is 35.4 Å². The van der Waals surface area contributed by atoms with E-state index < -0.39 is 10.4 Å². The quantitative estimate of drug-likeness (QED) is 0.648. The van der Waals surface area contributed by atoms with E-state index in [1.165, 1.54) is 11.1 Å². The van der Waals surface area contributed by atoms with Crippen LogP contribution in [0.4, 0.5) is 0 Å². The number of benzene rings is 1. The van der Waals surface area contributed by atoms with Gasteiger partial charge in [0, 0.05) is 5.56 Å². The van der Waals surface area contributed by atoms with Crippen LogP contribution in [-0.4, -0.2) is 34.7 Å². The van der Waals surface area contributed by atoms with Crippen LogP contribution in [0.5, 0.6) is 0 Å². The van der Waals surface area contributed by atoms with Gasteiger partial charge in [-0.25, -0.2) is 0 Å². The predicted molar refractivity (Wildman–Crippen MR) is 80.3 cm³/mol. The van der Waals surface area contributed by atoms with Crippen molar-refractivity contribution in [1.82, 2.24) is 0 Å². The van der Waals surface area contributed by atoms with E-state index in [0.29, 0.717) is 5.88 Å². The second-order valence-electron chi connectivity index (χ2n) is 4.82. The van der Waals surface area contributed by atoms with Crippen LogP contribution < -0.4 is 0 Å². The molecule has 1 aliphatic heterocycles. The van der Waals surface area contributed by atoms with Gasteiger partial charge in [-0.3, -0.25) is 14.1 Å². The maximum atomic E-state index is 8.74. The summed E-state index contributed by atoms with van der Waals surface area (Å²) in [5.74, 6) is 0.507. The lowest BCUT2D eigenvalue weighted by Gasteiger charge is -2.31. The third-order valence-corrected chi connectivity index (χ3v) is 3.45. The Bertz CT molecular complexity index is 592. The largest absolute Gasteiger partial charge is 0.394 e. The summed E-state index contributed by atoms with van der Waals surface area (Å²) in [4.78, 5) is 4.78. The van der Waals surface area contributed by atoms with E-state index in [4.69, 9.17) is 34.1 Å². The minimum Gasteiger partial charge on any atom is -0.281 e. The van der Waals surface area contributed by atoms with Crippen molar-refractivity contribution in [3.63, 3.8) is 0 Å². The molecule has 0 saturated carbocycles. The summed E-state index contributed by atoms with van der Waals surface area (Å²) in [6, 6.07) is 8.44. The lowest BCUT2D eigenvalue weighted by Crippen LogP contribution is -2.32. The summed E-state index contributed by atoms with van der Waals surface area (Å²) in [5.41, 5.74) is 3.70. The van der Waals surface area contributed by atoms with Crippen LogP contribution in [0.2, 0.25) is 0 Å². The molecule has 0 aliphatic carbocycles. The first-order valence-corrected chi connectivity index (χ1v) is 8.04. The van der Waals surface area contributed by atoms with Gasteiger partial charge in [0.05, 0.1) is 17.1 Å². The van der Waals surface area contributed by atoms with Gasteiger partial charge in [-0.1, -0.05) is 31.2 Å². The molecule has 1 unspecified atom stereocenters. The first kappa shape index (κ1) is 17.1. The lowest BCUT2D eigenvalue weighted by atomic mass is 9.84. The second kappa shape index (κ2) is 6.67.